The molecule has 0 saturated heterocycles. The molecule has 7 nitrogen and oxygen atoms in total. The van der Waals surface area contributed by atoms with Gasteiger partial charge in [0.25, 0.3) is 0 Å². The van der Waals surface area contributed by atoms with E-state index in [4.69, 9.17) is 5.73 Å². The van der Waals surface area contributed by atoms with Crippen LogP contribution in [0.15, 0.2) is 41.4 Å². The summed E-state index contributed by atoms with van der Waals surface area (Å²) in [7, 11) is 0. The predicted octanol–water partition coefficient (Wildman–Crippen LogP) is 3.37. The number of hydrogen-bond donors (Lipinski definition) is 2. The Labute approximate surface area is 155 Å². The van der Waals surface area contributed by atoms with Crippen molar-refractivity contribution in [3.63, 3.8) is 0 Å². The largest absolute Gasteiger partial charge is 0.368 e. The van der Waals surface area contributed by atoms with Crippen LogP contribution in [0.2, 0.25) is 0 Å². The van der Waals surface area contributed by atoms with Gasteiger partial charge < -0.3 is 11.1 Å². The van der Waals surface area contributed by atoms with Gasteiger partial charge in [0, 0.05) is 11.4 Å². The maximum absolute atomic E-state index is 9.37. The van der Waals surface area contributed by atoms with E-state index < -0.39 is 0 Å². The molecule has 0 spiro atoms. The Morgan fingerprint density at radius 2 is 1.88 bits per heavy atom. The molecule has 3 aromatic rings. The summed E-state index contributed by atoms with van der Waals surface area (Å²) in [6.07, 6.45) is 0. The molecule has 3 N–H and O–H groups in total. The Balaban J connectivity index is 1.80. The van der Waals surface area contributed by atoms with Crippen molar-refractivity contribution in [3.05, 3.63) is 59.0 Å². The van der Waals surface area contributed by atoms with Crippen molar-refractivity contribution in [2.24, 2.45) is 0 Å². The molecule has 0 radical (unpaired) electrons. The molecule has 0 aliphatic rings. The first kappa shape index (κ1) is 17.6. The third kappa shape index (κ3) is 4.26. The standard InChI is InChI=1S/C18H17N7S/c1-11-8-12(2)21-16(14(11)9-19)26-10-15-23-17(20)25-18(24-15)22-13-6-4-3-5-7-13/h3-8H,10H2,1-2H3,(H3,20,22,23,24,25). The van der Waals surface area contributed by atoms with Gasteiger partial charge in [-0.25, -0.2) is 4.98 Å². The van der Waals surface area contributed by atoms with Crippen molar-refractivity contribution in [2.45, 2.75) is 24.6 Å². The fraction of sp³-hybridized carbons (Fsp3) is 0.167. The van der Waals surface area contributed by atoms with Crippen molar-refractivity contribution in [2.75, 3.05) is 11.1 Å². The summed E-state index contributed by atoms with van der Waals surface area (Å²) in [5, 5.41) is 13.1. The predicted molar refractivity (Wildman–Crippen MR) is 102 cm³/mol. The zero-order valence-corrected chi connectivity index (χ0v) is 15.2. The quantitative estimate of drug-likeness (QED) is 0.663. The van der Waals surface area contributed by atoms with E-state index in [0.717, 1.165) is 16.9 Å². The minimum Gasteiger partial charge on any atom is -0.368 e. The van der Waals surface area contributed by atoms with Gasteiger partial charge in [-0.2, -0.15) is 20.2 Å². The number of pyridine rings is 1. The van der Waals surface area contributed by atoms with E-state index in [1.54, 1.807) is 0 Å². The van der Waals surface area contributed by atoms with Gasteiger partial charge >= 0.3 is 0 Å². The van der Waals surface area contributed by atoms with Crippen molar-refractivity contribution in [3.8, 4) is 6.07 Å². The molecule has 1 aromatic carbocycles. The van der Waals surface area contributed by atoms with Gasteiger partial charge in [-0.05, 0) is 37.6 Å². The number of nitrogens with zero attached hydrogens (tertiary/aromatic N) is 5. The number of nitrogens with one attached hydrogen (secondary N) is 1. The molecule has 2 aromatic heterocycles. The van der Waals surface area contributed by atoms with Crippen LogP contribution in [-0.4, -0.2) is 19.9 Å². The maximum atomic E-state index is 9.37. The lowest BCUT2D eigenvalue weighted by molar-refractivity contribution is 0.974. The lowest BCUT2D eigenvalue weighted by atomic mass is 10.1. The third-order valence-corrected chi connectivity index (χ3v) is 4.46. The number of thioether (sulfide) groups is 1. The Kier molecular flexibility index (Phi) is 5.29. The molecule has 8 heteroatoms. The molecule has 26 heavy (non-hydrogen) atoms. The summed E-state index contributed by atoms with van der Waals surface area (Å²) in [4.78, 5) is 17.1. The minimum absolute atomic E-state index is 0.142. The summed E-state index contributed by atoms with van der Waals surface area (Å²) < 4.78 is 0. The first-order valence-electron chi connectivity index (χ1n) is 7.89. The van der Waals surface area contributed by atoms with E-state index in [1.165, 1.54) is 11.8 Å². The lowest BCUT2D eigenvalue weighted by Gasteiger charge is -2.09. The Hall–Kier alpha value is -3.18. The van der Waals surface area contributed by atoms with Gasteiger partial charge in [-0.1, -0.05) is 30.0 Å². The van der Waals surface area contributed by atoms with E-state index >= 15 is 0 Å². The second kappa shape index (κ2) is 7.80. The van der Waals surface area contributed by atoms with Crippen molar-refractivity contribution >= 4 is 29.3 Å². The van der Waals surface area contributed by atoms with Gasteiger partial charge in [0.2, 0.25) is 11.9 Å². The minimum atomic E-state index is 0.142. The highest BCUT2D eigenvalue weighted by molar-refractivity contribution is 7.98. The van der Waals surface area contributed by atoms with E-state index in [9.17, 15) is 5.26 Å². The summed E-state index contributed by atoms with van der Waals surface area (Å²) in [6.45, 7) is 3.81. The summed E-state index contributed by atoms with van der Waals surface area (Å²) in [5.41, 5.74) is 9.01. The first-order chi connectivity index (χ1) is 12.5. The average Bonchev–Trinajstić information content (AvgIpc) is 2.60. The van der Waals surface area contributed by atoms with Crippen LogP contribution in [0.5, 0.6) is 0 Å². The summed E-state index contributed by atoms with van der Waals surface area (Å²) >= 11 is 1.41. The van der Waals surface area contributed by atoms with Crippen LogP contribution >= 0.6 is 11.8 Å². The number of aryl methyl sites for hydroxylation is 2. The Morgan fingerprint density at radius 3 is 2.62 bits per heavy atom. The average molecular weight is 363 g/mol. The molecule has 2 heterocycles. The highest BCUT2D eigenvalue weighted by Gasteiger charge is 2.11. The molecule has 0 fully saturated rings. The number of benzene rings is 1. The first-order valence-corrected chi connectivity index (χ1v) is 8.87. The van der Waals surface area contributed by atoms with Gasteiger partial charge in [0.1, 0.15) is 16.9 Å². The third-order valence-electron chi connectivity index (χ3n) is 3.49. The van der Waals surface area contributed by atoms with Crippen LogP contribution in [0.4, 0.5) is 17.6 Å². The summed E-state index contributed by atoms with van der Waals surface area (Å²) in [6, 6.07) is 13.7. The van der Waals surface area contributed by atoms with Crippen LogP contribution in [0, 0.1) is 25.2 Å². The van der Waals surface area contributed by atoms with Crippen molar-refractivity contribution in [1.29, 1.82) is 5.26 Å². The molecule has 0 aliphatic carbocycles. The number of anilines is 3. The second-order valence-electron chi connectivity index (χ2n) is 5.59. The monoisotopic (exact) mass is 363 g/mol. The van der Waals surface area contributed by atoms with Gasteiger partial charge in [-0.3, -0.25) is 0 Å². The molecule has 0 aliphatic heterocycles. The maximum Gasteiger partial charge on any atom is 0.232 e. The SMILES string of the molecule is Cc1cc(C)c(C#N)c(SCc2nc(N)nc(Nc3ccccc3)n2)n1. The van der Waals surface area contributed by atoms with Crippen LogP contribution in [0.1, 0.15) is 22.6 Å². The normalized spacial score (nSPS) is 10.3. The molecule has 0 bridgehead atoms. The number of rotatable bonds is 5. The van der Waals surface area contributed by atoms with Gasteiger partial charge in [0.15, 0.2) is 0 Å². The van der Waals surface area contributed by atoms with Crippen molar-refractivity contribution in [1.82, 2.24) is 19.9 Å². The number of para-hydroxylation sites is 1. The summed E-state index contributed by atoms with van der Waals surface area (Å²) in [5.74, 6) is 1.47. The smallest absolute Gasteiger partial charge is 0.232 e. The second-order valence-corrected chi connectivity index (χ2v) is 6.55. The zero-order chi connectivity index (χ0) is 18.5. The Morgan fingerprint density at radius 1 is 1.12 bits per heavy atom. The highest BCUT2D eigenvalue weighted by atomic mass is 32.2. The topological polar surface area (TPSA) is 113 Å². The number of nitrogen functional groups attached to an aromatic ring is 1. The van der Waals surface area contributed by atoms with E-state index in [2.05, 4.69) is 31.3 Å². The van der Waals surface area contributed by atoms with E-state index in [1.807, 2.05) is 50.2 Å². The van der Waals surface area contributed by atoms with Crippen LogP contribution in [-0.2, 0) is 5.75 Å². The number of hydrogen-bond acceptors (Lipinski definition) is 8. The van der Waals surface area contributed by atoms with Crippen LogP contribution in [0.25, 0.3) is 0 Å². The van der Waals surface area contributed by atoms with E-state index in [-0.39, 0.29) is 5.95 Å². The zero-order valence-electron chi connectivity index (χ0n) is 14.4. The Bertz CT molecular complexity index is 967. The fourth-order valence-electron chi connectivity index (χ4n) is 2.38. The molecule has 0 atom stereocenters. The molecule has 0 saturated carbocycles. The number of nitriles is 1. The van der Waals surface area contributed by atoms with Crippen LogP contribution < -0.4 is 11.1 Å². The molecule has 0 amide bonds. The molecular weight excluding hydrogens is 346 g/mol. The molecule has 130 valence electrons. The van der Waals surface area contributed by atoms with Gasteiger partial charge in [0.05, 0.1) is 11.3 Å². The number of aromatic nitrogens is 4. The fourth-order valence-corrected chi connectivity index (χ4v) is 3.34. The molecule has 3 rings (SSSR count). The lowest BCUT2D eigenvalue weighted by Crippen LogP contribution is -2.06. The molecule has 0 unspecified atom stereocenters. The van der Waals surface area contributed by atoms with Crippen molar-refractivity contribution < 1.29 is 0 Å². The van der Waals surface area contributed by atoms with Gasteiger partial charge in [-0.15, -0.1) is 0 Å². The van der Waals surface area contributed by atoms with Crippen LogP contribution in [0.3, 0.4) is 0 Å². The molecular formula is C18H17N7S. The number of nitrogens with two attached hydrogens (primary N) is 1. The van der Waals surface area contributed by atoms with E-state index in [0.29, 0.717) is 28.1 Å². The highest BCUT2D eigenvalue weighted by Crippen LogP contribution is 2.26.